The molecule has 0 atom stereocenters. The normalized spacial score (nSPS) is 10.5. The van der Waals surface area contributed by atoms with Crippen LogP contribution in [0.4, 0.5) is 0 Å². The fourth-order valence-corrected chi connectivity index (χ4v) is 2.53. The van der Waals surface area contributed by atoms with Crippen molar-refractivity contribution in [1.82, 2.24) is 5.32 Å². The molecule has 0 bridgehead atoms. The Bertz CT molecular complexity index is 669. The number of carbonyl (C=O) groups excluding carboxylic acids is 1. The van der Waals surface area contributed by atoms with Crippen molar-refractivity contribution in [1.29, 1.82) is 0 Å². The van der Waals surface area contributed by atoms with Crippen LogP contribution in [0.15, 0.2) is 36.4 Å². The Morgan fingerprint density at radius 1 is 1.05 bits per heavy atom. The van der Waals surface area contributed by atoms with E-state index in [4.69, 9.17) is 23.2 Å². The quantitative estimate of drug-likeness (QED) is 0.732. The molecule has 0 saturated heterocycles. The van der Waals surface area contributed by atoms with Gasteiger partial charge in [0, 0.05) is 16.6 Å². The van der Waals surface area contributed by atoms with Crippen molar-refractivity contribution in [2.45, 2.75) is 12.8 Å². The van der Waals surface area contributed by atoms with E-state index < -0.39 is 0 Å². The second-order valence-corrected chi connectivity index (χ2v) is 5.61. The minimum atomic E-state index is -0.182. The second kappa shape index (κ2) is 7.38. The van der Waals surface area contributed by atoms with Gasteiger partial charge in [0.25, 0.3) is 0 Å². The van der Waals surface area contributed by atoms with Crippen molar-refractivity contribution in [3.8, 4) is 11.5 Å². The first-order chi connectivity index (χ1) is 10.5. The van der Waals surface area contributed by atoms with Gasteiger partial charge in [0.1, 0.15) is 0 Å². The van der Waals surface area contributed by atoms with Crippen molar-refractivity contribution in [2.24, 2.45) is 0 Å². The largest absolute Gasteiger partial charge is 0.504 e. The summed E-state index contributed by atoms with van der Waals surface area (Å²) in [5.41, 5.74) is 1.41. The summed E-state index contributed by atoms with van der Waals surface area (Å²) in [7, 11) is 0. The lowest BCUT2D eigenvalue weighted by Gasteiger charge is -2.08. The molecule has 0 spiro atoms. The number of phenolic OH excluding ortho intramolecular Hbond substituents is 2. The summed E-state index contributed by atoms with van der Waals surface area (Å²) in [4.78, 5) is 11.9. The smallest absolute Gasteiger partial charge is 0.224 e. The third-order valence-corrected chi connectivity index (χ3v) is 3.88. The molecule has 0 fully saturated rings. The van der Waals surface area contributed by atoms with E-state index in [1.807, 2.05) is 0 Å². The van der Waals surface area contributed by atoms with Crippen LogP contribution in [0.1, 0.15) is 11.1 Å². The molecule has 6 heteroatoms. The van der Waals surface area contributed by atoms with E-state index in [0.717, 1.165) is 5.56 Å². The van der Waals surface area contributed by atoms with E-state index in [-0.39, 0.29) is 23.8 Å². The third-order valence-electron chi connectivity index (χ3n) is 3.17. The van der Waals surface area contributed by atoms with Crippen LogP contribution in [0.2, 0.25) is 10.0 Å². The second-order valence-electron chi connectivity index (χ2n) is 4.80. The van der Waals surface area contributed by atoms with Crippen molar-refractivity contribution in [3.63, 3.8) is 0 Å². The average Bonchev–Trinajstić information content (AvgIpc) is 2.47. The first kappa shape index (κ1) is 16.5. The van der Waals surface area contributed by atoms with E-state index in [1.54, 1.807) is 24.3 Å². The molecular formula is C16H15Cl2NO3. The number of hydrogen-bond acceptors (Lipinski definition) is 3. The molecule has 3 N–H and O–H groups in total. The van der Waals surface area contributed by atoms with E-state index in [1.165, 1.54) is 12.1 Å². The van der Waals surface area contributed by atoms with Crippen LogP contribution < -0.4 is 5.32 Å². The molecular weight excluding hydrogens is 325 g/mol. The summed E-state index contributed by atoms with van der Waals surface area (Å²) in [6, 6.07) is 9.67. The van der Waals surface area contributed by atoms with Gasteiger partial charge >= 0.3 is 0 Å². The molecule has 0 aliphatic heterocycles. The van der Waals surface area contributed by atoms with Gasteiger partial charge in [-0.2, -0.15) is 0 Å². The topological polar surface area (TPSA) is 69.6 Å². The van der Waals surface area contributed by atoms with Crippen LogP contribution in [0.5, 0.6) is 11.5 Å². The van der Waals surface area contributed by atoms with Crippen LogP contribution in [0.3, 0.4) is 0 Å². The Hall–Kier alpha value is -1.91. The number of halogens is 2. The van der Waals surface area contributed by atoms with Gasteiger partial charge < -0.3 is 15.5 Å². The highest BCUT2D eigenvalue weighted by Gasteiger charge is 2.10. The molecule has 22 heavy (non-hydrogen) atoms. The zero-order valence-corrected chi connectivity index (χ0v) is 13.2. The Kier molecular flexibility index (Phi) is 5.52. The summed E-state index contributed by atoms with van der Waals surface area (Å²) in [5, 5.41) is 22.3. The minimum Gasteiger partial charge on any atom is -0.504 e. The van der Waals surface area contributed by atoms with Crippen molar-refractivity contribution >= 4 is 29.1 Å². The lowest BCUT2D eigenvalue weighted by molar-refractivity contribution is -0.120. The first-order valence-corrected chi connectivity index (χ1v) is 7.43. The number of benzene rings is 2. The average molecular weight is 340 g/mol. The summed E-state index contributed by atoms with van der Waals surface area (Å²) < 4.78 is 0. The van der Waals surface area contributed by atoms with Crippen molar-refractivity contribution in [3.05, 3.63) is 57.6 Å². The summed E-state index contributed by atoms with van der Waals surface area (Å²) >= 11 is 12.0. The van der Waals surface area contributed by atoms with Crippen LogP contribution >= 0.6 is 23.2 Å². The zero-order valence-electron chi connectivity index (χ0n) is 11.6. The number of amides is 1. The molecule has 2 rings (SSSR count). The van der Waals surface area contributed by atoms with E-state index in [2.05, 4.69) is 5.32 Å². The summed E-state index contributed by atoms with van der Waals surface area (Å²) in [6.45, 7) is 0.408. The predicted molar refractivity (Wildman–Crippen MR) is 86.7 cm³/mol. The van der Waals surface area contributed by atoms with Gasteiger partial charge in [-0.15, -0.1) is 0 Å². The SMILES string of the molecule is O=C(Cc1c(Cl)cccc1Cl)NCCc1ccc(O)c(O)c1. The molecule has 0 radical (unpaired) electrons. The van der Waals surface area contributed by atoms with Gasteiger partial charge in [-0.1, -0.05) is 35.3 Å². The molecule has 2 aromatic carbocycles. The number of nitrogens with one attached hydrogen (secondary N) is 1. The molecule has 0 aromatic heterocycles. The fraction of sp³-hybridized carbons (Fsp3) is 0.188. The number of hydrogen-bond donors (Lipinski definition) is 3. The van der Waals surface area contributed by atoms with E-state index in [9.17, 15) is 15.0 Å². The molecule has 0 aliphatic rings. The lowest BCUT2D eigenvalue weighted by Crippen LogP contribution is -2.27. The highest BCUT2D eigenvalue weighted by Crippen LogP contribution is 2.25. The number of phenols is 2. The highest BCUT2D eigenvalue weighted by atomic mass is 35.5. The van der Waals surface area contributed by atoms with Crippen molar-refractivity contribution < 1.29 is 15.0 Å². The Morgan fingerprint density at radius 2 is 1.73 bits per heavy atom. The molecule has 1 amide bonds. The number of rotatable bonds is 5. The van der Waals surface area contributed by atoms with Gasteiger partial charge in [-0.3, -0.25) is 4.79 Å². The molecule has 4 nitrogen and oxygen atoms in total. The lowest BCUT2D eigenvalue weighted by atomic mass is 10.1. The zero-order chi connectivity index (χ0) is 16.1. The standard InChI is InChI=1S/C16H15Cl2NO3/c17-12-2-1-3-13(18)11(12)9-16(22)19-7-6-10-4-5-14(20)15(21)8-10/h1-5,8,20-21H,6-7,9H2,(H,19,22). The van der Waals surface area contributed by atoms with Gasteiger partial charge in [0.2, 0.25) is 5.91 Å². The maximum absolute atomic E-state index is 11.9. The van der Waals surface area contributed by atoms with Gasteiger partial charge in [-0.05, 0) is 41.8 Å². The fourth-order valence-electron chi connectivity index (χ4n) is 2.00. The molecule has 0 aliphatic carbocycles. The third kappa shape index (κ3) is 4.29. The van der Waals surface area contributed by atoms with E-state index in [0.29, 0.717) is 28.6 Å². The molecule has 0 unspecified atom stereocenters. The van der Waals surface area contributed by atoms with Crippen LogP contribution in [0.25, 0.3) is 0 Å². The Balaban J connectivity index is 1.86. The van der Waals surface area contributed by atoms with E-state index >= 15 is 0 Å². The predicted octanol–water partition coefficient (Wildman–Crippen LogP) is 3.31. The minimum absolute atomic E-state index is 0.110. The van der Waals surface area contributed by atoms with Crippen LogP contribution in [-0.2, 0) is 17.6 Å². The summed E-state index contributed by atoms with van der Waals surface area (Å²) in [5.74, 6) is -0.522. The number of carbonyl (C=O) groups is 1. The van der Waals surface area contributed by atoms with Gasteiger partial charge in [0.05, 0.1) is 6.42 Å². The molecule has 2 aromatic rings. The first-order valence-electron chi connectivity index (χ1n) is 6.68. The Morgan fingerprint density at radius 3 is 2.36 bits per heavy atom. The van der Waals surface area contributed by atoms with Gasteiger partial charge in [-0.25, -0.2) is 0 Å². The summed E-state index contributed by atoms with van der Waals surface area (Å²) in [6.07, 6.45) is 0.648. The van der Waals surface area contributed by atoms with Gasteiger partial charge in [0.15, 0.2) is 11.5 Å². The molecule has 116 valence electrons. The van der Waals surface area contributed by atoms with Crippen LogP contribution in [0, 0.1) is 0 Å². The molecule has 0 heterocycles. The highest BCUT2D eigenvalue weighted by molar-refractivity contribution is 6.36. The molecule has 0 saturated carbocycles. The monoisotopic (exact) mass is 339 g/mol. The van der Waals surface area contributed by atoms with Crippen molar-refractivity contribution in [2.75, 3.05) is 6.54 Å². The maximum Gasteiger partial charge on any atom is 0.224 e. The Labute approximate surface area is 138 Å². The number of aromatic hydroxyl groups is 2. The maximum atomic E-state index is 11.9. The van der Waals surface area contributed by atoms with Crippen LogP contribution in [-0.4, -0.2) is 22.7 Å².